The topological polar surface area (TPSA) is 51.4 Å². The molecule has 0 aliphatic carbocycles. The van der Waals surface area contributed by atoms with Gasteiger partial charge in [0.2, 0.25) is 5.88 Å². The van der Waals surface area contributed by atoms with Gasteiger partial charge in [-0.15, -0.1) is 11.8 Å². The van der Waals surface area contributed by atoms with Crippen LogP contribution < -0.4 is 10.5 Å². The number of hydrogen-bond donors (Lipinski definition) is 1. The van der Waals surface area contributed by atoms with E-state index in [0.717, 1.165) is 30.4 Å². The molecule has 0 aliphatic rings. The molecular weight excluding hydrogens is 270 g/mol. The Hall–Kier alpha value is -0.940. The minimum absolute atomic E-state index is 0.286. The Morgan fingerprint density at radius 1 is 1.25 bits per heavy atom. The molecule has 20 heavy (non-hydrogen) atoms. The van der Waals surface area contributed by atoms with Crippen molar-refractivity contribution in [2.75, 3.05) is 31.1 Å². The molecule has 4 nitrogen and oxygen atoms in total. The van der Waals surface area contributed by atoms with Gasteiger partial charge < -0.3 is 15.4 Å². The van der Waals surface area contributed by atoms with Gasteiger partial charge >= 0.3 is 0 Å². The molecule has 0 atom stereocenters. The van der Waals surface area contributed by atoms with Crippen LogP contribution in [0.25, 0.3) is 0 Å². The molecule has 1 rings (SSSR count). The lowest BCUT2D eigenvalue weighted by atomic mass is 10.2. The fourth-order valence-corrected chi connectivity index (χ4v) is 2.58. The predicted molar refractivity (Wildman–Crippen MR) is 87.5 cm³/mol. The molecule has 0 radical (unpaired) electrons. The summed E-state index contributed by atoms with van der Waals surface area (Å²) in [4.78, 5) is 6.90. The van der Waals surface area contributed by atoms with Crippen LogP contribution in [0, 0.1) is 0 Å². The van der Waals surface area contributed by atoms with Gasteiger partial charge in [-0.2, -0.15) is 0 Å². The Morgan fingerprint density at radius 2 is 1.90 bits per heavy atom. The number of nitrogen functional groups attached to an aromatic ring is 1. The quantitative estimate of drug-likeness (QED) is 0.783. The summed E-state index contributed by atoms with van der Waals surface area (Å²) in [7, 11) is 0. The van der Waals surface area contributed by atoms with E-state index in [-0.39, 0.29) is 5.60 Å². The van der Waals surface area contributed by atoms with E-state index in [1.165, 1.54) is 0 Å². The maximum Gasteiger partial charge on any atom is 0.238 e. The zero-order chi connectivity index (χ0) is 15.2. The maximum atomic E-state index is 5.91. The number of nitrogens with zero attached hydrogens (tertiary/aromatic N) is 2. The van der Waals surface area contributed by atoms with Crippen LogP contribution in [0.2, 0.25) is 0 Å². The molecule has 2 N–H and O–H groups in total. The summed E-state index contributed by atoms with van der Waals surface area (Å²) >= 11 is 1.74. The first-order valence-electron chi connectivity index (χ1n) is 7.16. The van der Waals surface area contributed by atoms with Crippen LogP contribution in [0.15, 0.2) is 17.2 Å². The Balaban J connectivity index is 2.61. The summed E-state index contributed by atoms with van der Waals surface area (Å²) in [5.41, 5.74) is 6.22. The van der Waals surface area contributed by atoms with Crippen molar-refractivity contribution in [2.45, 2.75) is 45.2 Å². The highest BCUT2D eigenvalue weighted by Gasteiger charge is 2.15. The highest BCUT2D eigenvalue weighted by atomic mass is 32.2. The molecule has 0 amide bonds. The van der Waals surface area contributed by atoms with Crippen molar-refractivity contribution in [1.82, 2.24) is 9.88 Å². The lowest BCUT2D eigenvalue weighted by Crippen LogP contribution is -2.25. The largest absolute Gasteiger partial charge is 0.470 e. The number of hydrogen-bond acceptors (Lipinski definition) is 5. The van der Waals surface area contributed by atoms with E-state index in [4.69, 9.17) is 10.5 Å². The summed E-state index contributed by atoms with van der Waals surface area (Å²) in [5, 5.41) is 0.964. The molecule has 0 unspecified atom stereocenters. The van der Waals surface area contributed by atoms with Crippen molar-refractivity contribution in [3.8, 4) is 5.88 Å². The third-order valence-electron chi connectivity index (χ3n) is 2.82. The standard InChI is InChI=1S/C15H27N3OS/c1-6-18(7-2)10-11-20-13-9-8-12(16)14(17-13)19-15(3,4)5/h8-9H,6-7,10-11,16H2,1-5H3. The smallest absolute Gasteiger partial charge is 0.238 e. The summed E-state index contributed by atoms with van der Waals surface area (Å²) in [6.45, 7) is 13.6. The molecule has 0 saturated heterocycles. The second-order valence-corrected chi connectivity index (χ2v) is 6.75. The molecule has 0 aromatic carbocycles. The highest BCUT2D eigenvalue weighted by molar-refractivity contribution is 7.99. The third-order valence-corrected chi connectivity index (χ3v) is 3.73. The maximum absolute atomic E-state index is 5.91. The van der Waals surface area contributed by atoms with E-state index >= 15 is 0 Å². The van der Waals surface area contributed by atoms with Gasteiger partial charge in [-0.05, 0) is 46.0 Å². The van der Waals surface area contributed by atoms with Crippen molar-refractivity contribution in [1.29, 1.82) is 0 Å². The van der Waals surface area contributed by atoms with Crippen LogP contribution in [-0.2, 0) is 0 Å². The molecule has 1 heterocycles. The molecule has 0 bridgehead atoms. The van der Waals surface area contributed by atoms with E-state index in [1.54, 1.807) is 11.8 Å². The zero-order valence-electron chi connectivity index (χ0n) is 13.3. The molecular formula is C15H27N3OS. The Bertz CT molecular complexity index is 414. The van der Waals surface area contributed by atoms with Gasteiger partial charge in [0.15, 0.2) is 0 Å². The molecule has 0 saturated carbocycles. The van der Waals surface area contributed by atoms with Crippen LogP contribution in [0.1, 0.15) is 34.6 Å². The number of thioether (sulfide) groups is 1. The SMILES string of the molecule is CCN(CC)CCSc1ccc(N)c(OC(C)(C)C)n1. The molecule has 114 valence electrons. The van der Waals surface area contributed by atoms with Crippen LogP contribution >= 0.6 is 11.8 Å². The number of rotatable bonds is 7. The van der Waals surface area contributed by atoms with E-state index in [9.17, 15) is 0 Å². The first-order valence-corrected chi connectivity index (χ1v) is 8.15. The molecule has 1 aromatic heterocycles. The number of ether oxygens (including phenoxy) is 1. The lowest BCUT2D eigenvalue weighted by molar-refractivity contribution is 0.124. The molecule has 0 fully saturated rings. The van der Waals surface area contributed by atoms with Gasteiger partial charge in [0.1, 0.15) is 10.6 Å². The van der Waals surface area contributed by atoms with Gasteiger partial charge in [0, 0.05) is 12.3 Å². The van der Waals surface area contributed by atoms with Crippen LogP contribution in [0.5, 0.6) is 5.88 Å². The normalized spacial score (nSPS) is 11.9. The van der Waals surface area contributed by atoms with Crippen molar-refractivity contribution in [3.05, 3.63) is 12.1 Å². The minimum atomic E-state index is -0.286. The van der Waals surface area contributed by atoms with E-state index in [2.05, 4.69) is 23.7 Å². The molecule has 0 aliphatic heterocycles. The average molecular weight is 297 g/mol. The molecule has 1 aromatic rings. The van der Waals surface area contributed by atoms with Gasteiger partial charge in [-0.3, -0.25) is 0 Å². The fraction of sp³-hybridized carbons (Fsp3) is 0.667. The Kier molecular flexibility index (Phi) is 6.62. The van der Waals surface area contributed by atoms with Crippen LogP contribution in [0.4, 0.5) is 5.69 Å². The average Bonchev–Trinajstić information content (AvgIpc) is 2.37. The number of nitrogens with two attached hydrogens (primary N) is 1. The third kappa shape index (κ3) is 6.01. The van der Waals surface area contributed by atoms with Crippen molar-refractivity contribution >= 4 is 17.4 Å². The second-order valence-electron chi connectivity index (χ2n) is 5.63. The summed E-state index contributed by atoms with van der Waals surface area (Å²) in [6.07, 6.45) is 0. The molecule has 5 heteroatoms. The van der Waals surface area contributed by atoms with E-state index < -0.39 is 0 Å². The highest BCUT2D eigenvalue weighted by Crippen LogP contribution is 2.27. The van der Waals surface area contributed by atoms with E-state index in [1.807, 2.05) is 32.9 Å². The predicted octanol–water partition coefficient (Wildman–Crippen LogP) is 3.28. The summed E-state index contributed by atoms with van der Waals surface area (Å²) in [5.74, 6) is 1.55. The number of pyridine rings is 1. The van der Waals surface area contributed by atoms with Gasteiger partial charge in [0.25, 0.3) is 0 Å². The summed E-state index contributed by atoms with van der Waals surface area (Å²) < 4.78 is 5.78. The van der Waals surface area contributed by atoms with E-state index in [0.29, 0.717) is 11.6 Å². The number of aromatic nitrogens is 1. The zero-order valence-corrected chi connectivity index (χ0v) is 14.1. The monoisotopic (exact) mass is 297 g/mol. The summed E-state index contributed by atoms with van der Waals surface area (Å²) in [6, 6.07) is 3.82. The Morgan fingerprint density at radius 3 is 2.45 bits per heavy atom. The van der Waals surface area contributed by atoms with Gasteiger partial charge in [-0.25, -0.2) is 4.98 Å². The molecule has 0 spiro atoms. The minimum Gasteiger partial charge on any atom is -0.470 e. The van der Waals surface area contributed by atoms with Gasteiger partial charge in [0.05, 0.1) is 5.69 Å². The van der Waals surface area contributed by atoms with Crippen LogP contribution in [-0.4, -0.2) is 40.9 Å². The lowest BCUT2D eigenvalue weighted by Gasteiger charge is -2.21. The number of anilines is 1. The van der Waals surface area contributed by atoms with Crippen molar-refractivity contribution < 1.29 is 4.74 Å². The van der Waals surface area contributed by atoms with Crippen molar-refractivity contribution in [2.24, 2.45) is 0 Å². The first kappa shape index (κ1) is 17.1. The Labute approximate surface area is 127 Å². The second kappa shape index (κ2) is 7.74. The fourth-order valence-electron chi connectivity index (χ4n) is 1.71. The van der Waals surface area contributed by atoms with Gasteiger partial charge in [-0.1, -0.05) is 13.8 Å². The van der Waals surface area contributed by atoms with Crippen molar-refractivity contribution in [3.63, 3.8) is 0 Å². The first-order chi connectivity index (χ1) is 9.35. The van der Waals surface area contributed by atoms with Crippen LogP contribution in [0.3, 0.4) is 0 Å².